The number of nitrogens with two attached hydrogens (primary N) is 1. The first-order chi connectivity index (χ1) is 9.95. The van der Waals surface area contributed by atoms with Crippen LogP contribution in [-0.2, 0) is 19.1 Å². The number of anilines is 2. The lowest BCUT2D eigenvalue weighted by Crippen LogP contribution is -2.21. The van der Waals surface area contributed by atoms with Crippen molar-refractivity contribution >= 4 is 11.4 Å². The Morgan fingerprint density at radius 3 is 2.62 bits per heavy atom. The first-order valence-corrected chi connectivity index (χ1v) is 6.73. The van der Waals surface area contributed by atoms with Crippen LogP contribution in [-0.4, -0.2) is 6.54 Å². The van der Waals surface area contributed by atoms with Crippen molar-refractivity contribution < 1.29 is 13.2 Å². The zero-order valence-corrected chi connectivity index (χ0v) is 11.3. The Morgan fingerprint density at radius 2 is 1.86 bits per heavy atom. The third kappa shape index (κ3) is 2.68. The van der Waals surface area contributed by atoms with E-state index in [2.05, 4.69) is 0 Å². The van der Waals surface area contributed by atoms with Gasteiger partial charge in [-0.05, 0) is 35.7 Å². The molecule has 0 fully saturated rings. The Bertz CT molecular complexity index is 665. The van der Waals surface area contributed by atoms with Crippen LogP contribution in [0.25, 0.3) is 0 Å². The molecule has 2 nitrogen and oxygen atoms in total. The summed E-state index contributed by atoms with van der Waals surface area (Å²) in [5.41, 5.74) is 8.81. The fourth-order valence-electron chi connectivity index (χ4n) is 2.79. The van der Waals surface area contributed by atoms with E-state index in [-0.39, 0.29) is 0 Å². The molecule has 3 rings (SSSR count). The normalized spacial score (nSPS) is 14.3. The van der Waals surface area contributed by atoms with Gasteiger partial charge in [-0.15, -0.1) is 0 Å². The van der Waals surface area contributed by atoms with Gasteiger partial charge in [-0.3, -0.25) is 0 Å². The number of nitrogens with zero attached hydrogens (tertiary/aromatic N) is 1. The van der Waals surface area contributed by atoms with Gasteiger partial charge in [-0.25, -0.2) is 0 Å². The van der Waals surface area contributed by atoms with Crippen molar-refractivity contribution in [2.75, 3.05) is 17.2 Å². The number of nitrogen functional groups attached to an aromatic ring is 1. The molecule has 1 heterocycles. The monoisotopic (exact) mass is 292 g/mol. The second kappa shape index (κ2) is 4.98. The summed E-state index contributed by atoms with van der Waals surface area (Å²) in [5, 5.41) is 0. The summed E-state index contributed by atoms with van der Waals surface area (Å²) in [5.74, 6) is 0. The highest BCUT2D eigenvalue weighted by molar-refractivity contribution is 5.74. The van der Waals surface area contributed by atoms with Gasteiger partial charge < -0.3 is 10.6 Å². The van der Waals surface area contributed by atoms with Crippen molar-refractivity contribution in [2.45, 2.75) is 19.1 Å². The number of para-hydroxylation sites is 1. The van der Waals surface area contributed by atoms with Crippen LogP contribution in [0.2, 0.25) is 0 Å². The van der Waals surface area contributed by atoms with Gasteiger partial charge in [0.1, 0.15) is 0 Å². The molecule has 0 saturated carbocycles. The van der Waals surface area contributed by atoms with Gasteiger partial charge in [0, 0.05) is 13.1 Å². The third-order valence-corrected chi connectivity index (χ3v) is 3.75. The molecule has 1 aliphatic heterocycles. The maximum Gasteiger partial charge on any atom is 0.416 e. The molecule has 5 heteroatoms. The number of fused-ring (bicyclic) bond motifs is 1. The zero-order valence-electron chi connectivity index (χ0n) is 11.3. The highest BCUT2D eigenvalue weighted by Crippen LogP contribution is 2.35. The van der Waals surface area contributed by atoms with Crippen LogP contribution < -0.4 is 10.6 Å². The van der Waals surface area contributed by atoms with Crippen LogP contribution in [0.15, 0.2) is 42.5 Å². The summed E-state index contributed by atoms with van der Waals surface area (Å²) < 4.78 is 38.3. The van der Waals surface area contributed by atoms with Gasteiger partial charge in [0.25, 0.3) is 0 Å². The zero-order chi connectivity index (χ0) is 15.0. The molecule has 2 N–H and O–H groups in total. The Balaban J connectivity index is 1.87. The number of alkyl halides is 3. The van der Waals surface area contributed by atoms with E-state index in [0.29, 0.717) is 17.8 Å². The Hall–Kier alpha value is -2.17. The standard InChI is InChI=1S/C16H15F3N2/c17-16(18,19)13-5-1-3-11(9-13)10-21-8-7-12-4-2-6-14(20)15(12)21/h1-6,9H,7-8,10,20H2. The number of hydrogen-bond donors (Lipinski definition) is 1. The average molecular weight is 292 g/mol. The molecule has 0 radical (unpaired) electrons. The smallest absolute Gasteiger partial charge is 0.397 e. The van der Waals surface area contributed by atoms with Crippen LogP contribution in [0.3, 0.4) is 0 Å². The molecule has 0 aliphatic carbocycles. The number of rotatable bonds is 2. The summed E-state index contributed by atoms with van der Waals surface area (Å²) in [4.78, 5) is 2.04. The van der Waals surface area contributed by atoms with Crippen LogP contribution >= 0.6 is 0 Å². The first kappa shape index (κ1) is 13.8. The molecule has 0 aromatic heterocycles. The van der Waals surface area contributed by atoms with E-state index in [1.807, 2.05) is 23.1 Å². The van der Waals surface area contributed by atoms with Crippen molar-refractivity contribution in [3.63, 3.8) is 0 Å². The highest BCUT2D eigenvalue weighted by atomic mass is 19.4. The van der Waals surface area contributed by atoms with Crippen LogP contribution in [0.5, 0.6) is 0 Å². The van der Waals surface area contributed by atoms with Crippen LogP contribution in [0.1, 0.15) is 16.7 Å². The predicted molar refractivity (Wildman–Crippen MR) is 77.1 cm³/mol. The molecule has 2 aromatic carbocycles. The highest BCUT2D eigenvalue weighted by Gasteiger charge is 2.30. The van der Waals surface area contributed by atoms with Crippen molar-refractivity contribution in [3.8, 4) is 0 Å². The molecule has 0 amide bonds. The number of hydrogen-bond acceptors (Lipinski definition) is 2. The van der Waals surface area contributed by atoms with Crippen molar-refractivity contribution in [1.29, 1.82) is 0 Å². The van der Waals surface area contributed by atoms with Crippen LogP contribution in [0, 0.1) is 0 Å². The van der Waals surface area contributed by atoms with E-state index in [0.717, 1.165) is 30.3 Å². The average Bonchev–Trinajstić information content (AvgIpc) is 2.83. The predicted octanol–water partition coefficient (Wildman–Crippen LogP) is 3.85. The molecule has 0 spiro atoms. The molecule has 0 atom stereocenters. The fraction of sp³-hybridized carbons (Fsp3) is 0.250. The quantitative estimate of drug-likeness (QED) is 0.852. The summed E-state index contributed by atoms with van der Waals surface area (Å²) in [6.45, 7) is 1.21. The van der Waals surface area contributed by atoms with Gasteiger partial charge in [0.2, 0.25) is 0 Å². The minimum absolute atomic E-state index is 0.436. The molecule has 0 unspecified atom stereocenters. The molecular formula is C16H15F3N2. The lowest BCUT2D eigenvalue weighted by atomic mass is 10.1. The van der Waals surface area contributed by atoms with Crippen LogP contribution in [0.4, 0.5) is 24.5 Å². The second-order valence-corrected chi connectivity index (χ2v) is 5.22. The largest absolute Gasteiger partial charge is 0.416 e. The molecule has 2 aromatic rings. The molecule has 1 aliphatic rings. The molecule has 0 saturated heterocycles. The van der Waals surface area contributed by atoms with Gasteiger partial charge >= 0.3 is 6.18 Å². The van der Waals surface area contributed by atoms with Gasteiger partial charge in [-0.2, -0.15) is 13.2 Å². The maximum absolute atomic E-state index is 12.8. The van der Waals surface area contributed by atoms with E-state index in [4.69, 9.17) is 5.73 Å². The SMILES string of the molecule is Nc1cccc2c1N(Cc1cccc(C(F)(F)F)c1)CC2. The summed E-state index contributed by atoms with van der Waals surface area (Å²) in [7, 11) is 0. The molecule has 0 bridgehead atoms. The van der Waals surface area contributed by atoms with Gasteiger partial charge in [-0.1, -0.05) is 24.3 Å². The van der Waals surface area contributed by atoms with Crippen molar-refractivity contribution in [1.82, 2.24) is 0 Å². The Morgan fingerprint density at radius 1 is 1.10 bits per heavy atom. The fourth-order valence-corrected chi connectivity index (χ4v) is 2.79. The number of halogens is 3. The van der Waals surface area contributed by atoms with E-state index in [1.54, 1.807) is 6.07 Å². The van der Waals surface area contributed by atoms with Crippen molar-refractivity contribution in [2.24, 2.45) is 0 Å². The summed E-state index contributed by atoms with van der Waals surface area (Å²) in [6.07, 6.45) is -3.43. The lowest BCUT2D eigenvalue weighted by Gasteiger charge is -2.21. The van der Waals surface area contributed by atoms with E-state index < -0.39 is 11.7 Å². The molecule has 110 valence electrons. The first-order valence-electron chi connectivity index (χ1n) is 6.73. The van der Waals surface area contributed by atoms with Crippen molar-refractivity contribution in [3.05, 3.63) is 59.2 Å². The van der Waals surface area contributed by atoms with Gasteiger partial charge in [0.15, 0.2) is 0 Å². The summed E-state index contributed by atoms with van der Waals surface area (Å²) >= 11 is 0. The third-order valence-electron chi connectivity index (χ3n) is 3.75. The minimum atomic E-state index is -4.31. The number of benzene rings is 2. The maximum atomic E-state index is 12.8. The lowest BCUT2D eigenvalue weighted by molar-refractivity contribution is -0.137. The Kier molecular flexibility index (Phi) is 3.27. The van der Waals surface area contributed by atoms with E-state index >= 15 is 0 Å². The minimum Gasteiger partial charge on any atom is -0.397 e. The molecular weight excluding hydrogens is 277 g/mol. The summed E-state index contributed by atoms with van der Waals surface area (Å²) in [6, 6.07) is 11.2. The second-order valence-electron chi connectivity index (χ2n) is 5.22. The van der Waals surface area contributed by atoms with Gasteiger partial charge in [0.05, 0.1) is 16.9 Å². The van der Waals surface area contributed by atoms with E-state index in [1.165, 1.54) is 12.1 Å². The van der Waals surface area contributed by atoms with E-state index in [9.17, 15) is 13.2 Å². The topological polar surface area (TPSA) is 29.3 Å². The molecule has 21 heavy (non-hydrogen) atoms. The Labute approximate surface area is 121 Å².